The number of carbonyl (C=O) groups is 1. The van der Waals surface area contributed by atoms with Crippen LogP contribution in [0.1, 0.15) is 42.1 Å². The van der Waals surface area contributed by atoms with Crippen LogP contribution in [0.5, 0.6) is 0 Å². The Balaban J connectivity index is 2.27. The fourth-order valence-corrected chi connectivity index (χ4v) is 1.44. The Hall–Kier alpha value is -1.15. The molecule has 2 heteroatoms. The number of hydrogen-bond acceptors (Lipinski definition) is 2. The van der Waals surface area contributed by atoms with E-state index in [9.17, 15) is 4.79 Å². The molecule has 0 unspecified atom stereocenters. The second kappa shape index (κ2) is 7.18. The van der Waals surface area contributed by atoms with Crippen LogP contribution in [0.3, 0.4) is 0 Å². The molecule has 0 saturated carbocycles. The summed E-state index contributed by atoms with van der Waals surface area (Å²) in [7, 11) is 0. The van der Waals surface area contributed by atoms with Gasteiger partial charge < -0.3 is 4.74 Å². The largest absolute Gasteiger partial charge is 0.373 e. The van der Waals surface area contributed by atoms with Gasteiger partial charge in [-0.3, -0.25) is 4.79 Å². The zero-order chi connectivity index (χ0) is 11.8. The maximum atomic E-state index is 11.7. The normalized spacial score (nSPS) is 10.4. The number of ketones is 1. The van der Waals surface area contributed by atoms with Crippen molar-refractivity contribution in [2.45, 2.75) is 33.1 Å². The molecule has 16 heavy (non-hydrogen) atoms. The molecule has 0 aromatic heterocycles. The van der Waals surface area contributed by atoms with Gasteiger partial charge in [0.15, 0.2) is 5.78 Å². The molecule has 2 nitrogen and oxygen atoms in total. The minimum Gasteiger partial charge on any atom is -0.373 e. The van der Waals surface area contributed by atoms with Gasteiger partial charge in [-0.2, -0.15) is 0 Å². The van der Waals surface area contributed by atoms with Crippen molar-refractivity contribution < 1.29 is 9.53 Å². The average Bonchev–Trinajstić information content (AvgIpc) is 2.29. The standard InChI is InChI=1S/C14H20O2/c1-3-4-5-10-16-11-14(15)13-8-6-12(2)7-9-13/h6-9H,3-5,10-11H2,1-2H3. The Kier molecular flexibility index (Phi) is 5.79. The number of benzene rings is 1. The van der Waals surface area contributed by atoms with Crippen LogP contribution in [0.2, 0.25) is 0 Å². The first-order valence-corrected chi connectivity index (χ1v) is 5.91. The Bertz CT molecular complexity index is 314. The molecule has 0 aliphatic rings. The highest BCUT2D eigenvalue weighted by Gasteiger charge is 2.04. The summed E-state index contributed by atoms with van der Waals surface area (Å²) in [4.78, 5) is 11.7. The van der Waals surface area contributed by atoms with E-state index in [4.69, 9.17) is 4.74 Å². The van der Waals surface area contributed by atoms with Crippen LogP contribution < -0.4 is 0 Å². The summed E-state index contributed by atoms with van der Waals surface area (Å²) in [6.45, 7) is 5.05. The molecule has 88 valence electrons. The molecule has 0 radical (unpaired) electrons. The monoisotopic (exact) mass is 220 g/mol. The number of rotatable bonds is 7. The Morgan fingerprint density at radius 3 is 2.50 bits per heavy atom. The first-order chi connectivity index (χ1) is 7.74. The molecule has 1 aromatic rings. The predicted molar refractivity (Wildman–Crippen MR) is 65.9 cm³/mol. The van der Waals surface area contributed by atoms with Crippen LogP contribution >= 0.6 is 0 Å². The summed E-state index contributed by atoms with van der Waals surface area (Å²) in [5.41, 5.74) is 1.90. The molecule has 0 spiro atoms. The molecule has 0 N–H and O–H groups in total. The first kappa shape index (κ1) is 12.9. The highest BCUT2D eigenvalue weighted by atomic mass is 16.5. The lowest BCUT2D eigenvalue weighted by Crippen LogP contribution is -2.09. The van der Waals surface area contributed by atoms with Gasteiger partial charge in [-0.15, -0.1) is 0 Å². The predicted octanol–water partition coefficient (Wildman–Crippen LogP) is 3.38. The summed E-state index contributed by atoms with van der Waals surface area (Å²) in [6, 6.07) is 7.61. The van der Waals surface area contributed by atoms with E-state index in [-0.39, 0.29) is 12.4 Å². The van der Waals surface area contributed by atoms with Crippen LogP contribution in [0.25, 0.3) is 0 Å². The van der Waals surface area contributed by atoms with Crippen molar-refractivity contribution in [1.82, 2.24) is 0 Å². The molecule has 0 amide bonds. The van der Waals surface area contributed by atoms with Crippen LogP contribution in [0, 0.1) is 6.92 Å². The van der Waals surface area contributed by atoms with Crippen molar-refractivity contribution >= 4 is 5.78 Å². The van der Waals surface area contributed by atoms with Gasteiger partial charge in [0.1, 0.15) is 6.61 Å². The lowest BCUT2D eigenvalue weighted by atomic mass is 10.1. The molecule has 0 heterocycles. The van der Waals surface area contributed by atoms with Gasteiger partial charge >= 0.3 is 0 Å². The van der Waals surface area contributed by atoms with Crippen molar-refractivity contribution in [3.05, 3.63) is 35.4 Å². The third-order valence-corrected chi connectivity index (χ3v) is 2.50. The van der Waals surface area contributed by atoms with Crippen molar-refractivity contribution in [3.63, 3.8) is 0 Å². The van der Waals surface area contributed by atoms with E-state index in [0.717, 1.165) is 12.0 Å². The summed E-state index contributed by atoms with van der Waals surface area (Å²) >= 11 is 0. The molecule has 0 aliphatic heterocycles. The highest BCUT2D eigenvalue weighted by molar-refractivity contribution is 5.97. The summed E-state index contributed by atoms with van der Waals surface area (Å²) in [5, 5.41) is 0. The van der Waals surface area contributed by atoms with Gasteiger partial charge in [-0.05, 0) is 13.3 Å². The zero-order valence-corrected chi connectivity index (χ0v) is 10.2. The molecule has 0 atom stereocenters. The average molecular weight is 220 g/mol. The maximum absolute atomic E-state index is 11.7. The van der Waals surface area contributed by atoms with Gasteiger partial charge in [0.25, 0.3) is 0 Å². The molecule has 0 aliphatic carbocycles. The fourth-order valence-electron chi connectivity index (χ4n) is 1.44. The topological polar surface area (TPSA) is 26.3 Å². The number of unbranched alkanes of at least 4 members (excludes halogenated alkanes) is 2. The number of carbonyl (C=O) groups excluding carboxylic acids is 1. The van der Waals surface area contributed by atoms with Crippen LogP contribution in [0.4, 0.5) is 0 Å². The van der Waals surface area contributed by atoms with Gasteiger partial charge in [0.2, 0.25) is 0 Å². The lowest BCUT2D eigenvalue weighted by Gasteiger charge is -2.03. The number of aryl methyl sites for hydroxylation is 1. The van der Waals surface area contributed by atoms with Crippen molar-refractivity contribution in [2.24, 2.45) is 0 Å². The number of hydrogen-bond donors (Lipinski definition) is 0. The minimum atomic E-state index is 0.0662. The smallest absolute Gasteiger partial charge is 0.188 e. The highest BCUT2D eigenvalue weighted by Crippen LogP contribution is 2.04. The van der Waals surface area contributed by atoms with Gasteiger partial charge in [0.05, 0.1) is 0 Å². The second-order valence-electron chi connectivity index (χ2n) is 4.05. The van der Waals surface area contributed by atoms with Crippen LogP contribution in [0.15, 0.2) is 24.3 Å². The lowest BCUT2D eigenvalue weighted by molar-refractivity contribution is 0.0753. The molecular formula is C14H20O2. The van der Waals surface area contributed by atoms with Crippen LogP contribution in [-0.2, 0) is 4.74 Å². The van der Waals surface area contributed by atoms with Crippen molar-refractivity contribution in [3.8, 4) is 0 Å². The van der Waals surface area contributed by atoms with Crippen molar-refractivity contribution in [2.75, 3.05) is 13.2 Å². The SMILES string of the molecule is CCCCCOCC(=O)c1ccc(C)cc1. The van der Waals surface area contributed by atoms with E-state index in [1.165, 1.54) is 18.4 Å². The maximum Gasteiger partial charge on any atom is 0.188 e. The fraction of sp³-hybridized carbons (Fsp3) is 0.500. The van der Waals surface area contributed by atoms with E-state index in [0.29, 0.717) is 6.61 Å². The summed E-state index contributed by atoms with van der Waals surface area (Å²) in [6.07, 6.45) is 3.38. The third kappa shape index (κ3) is 4.58. The molecule has 1 rings (SSSR count). The molecule has 0 saturated heterocycles. The Labute approximate surface area is 97.6 Å². The van der Waals surface area contributed by atoms with E-state index >= 15 is 0 Å². The van der Waals surface area contributed by atoms with Gasteiger partial charge in [0, 0.05) is 12.2 Å². The molecule has 0 fully saturated rings. The van der Waals surface area contributed by atoms with Crippen LogP contribution in [-0.4, -0.2) is 19.0 Å². The first-order valence-electron chi connectivity index (χ1n) is 5.91. The summed E-state index contributed by atoms with van der Waals surface area (Å²) < 4.78 is 5.33. The quantitative estimate of drug-likeness (QED) is 0.520. The zero-order valence-electron chi connectivity index (χ0n) is 10.2. The number of ether oxygens (including phenoxy) is 1. The minimum absolute atomic E-state index is 0.0662. The number of Topliss-reactive ketones (excluding diaryl/α,β-unsaturated/α-hetero) is 1. The van der Waals surface area contributed by atoms with E-state index in [1.54, 1.807) is 0 Å². The molecular weight excluding hydrogens is 200 g/mol. The van der Waals surface area contributed by atoms with Crippen molar-refractivity contribution in [1.29, 1.82) is 0 Å². The third-order valence-electron chi connectivity index (χ3n) is 2.50. The van der Waals surface area contributed by atoms with E-state index in [2.05, 4.69) is 6.92 Å². The molecule has 0 bridgehead atoms. The van der Waals surface area contributed by atoms with E-state index in [1.807, 2.05) is 31.2 Å². The second-order valence-corrected chi connectivity index (χ2v) is 4.05. The Morgan fingerprint density at radius 2 is 1.88 bits per heavy atom. The van der Waals surface area contributed by atoms with E-state index < -0.39 is 0 Å². The molecule has 1 aromatic carbocycles. The van der Waals surface area contributed by atoms with Gasteiger partial charge in [-0.25, -0.2) is 0 Å². The van der Waals surface area contributed by atoms with Gasteiger partial charge in [-0.1, -0.05) is 49.6 Å². The Morgan fingerprint density at radius 1 is 1.19 bits per heavy atom. The summed E-state index contributed by atoms with van der Waals surface area (Å²) in [5.74, 6) is 0.0662.